The zero-order chi connectivity index (χ0) is 17.8. The summed E-state index contributed by atoms with van der Waals surface area (Å²) in [6, 6.07) is 16.7. The van der Waals surface area contributed by atoms with Gasteiger partial charge in [-0.05, 0) is 42.5 Å². The number of aromatic hydroxyl groups is 1. The number of nitrogens with zero attached hydrogens (tertiary/aromatic N) is 4. The first-order chi connectivity index (χ1) is 12.7. The molecule has 1 aromatic carbocycles. The second kappa shape index (κ2) is 5.25. The average molecular weight is 359 g/mol. The van der Waals surface area contributed by atoms with E-state index < -0.39 is 0 Å². The molecule has 0 aliphatic heterocycles. The van der Waals surface area contributed by atoms with Crippen LogP contribution in [0.3, 0.4) is 0 Å². The Kier molecular flexibility index (Phi) is 2.99. The highest BCUT2D eigenvalue weighted by molar-refractivity contribution is 6.31. The Balaban J connectivity index is 2.04. The van der Waals surface area contributed by atoms with Crippen molar-refractivity contribution in [2.24, 2.45) is 0 Å². The van der Waals surface area contributed by atoms with Gasteiger partial charge in [0.2, 0.25) is 0 Å². The van der Waals surface area contributed by atoms with E-state index >= 15 is 0 Å². The number of benzene rings is 1. The van der Waals surface area contributed by atoms with Crippen molar-refractivity contribution in [3.05, 3.63) is 71.5 Å². The van der Waals surface area contributed by atoms with Crippen LogP contribution in [-0.2, 0) is 0 Å². The first-order valence-electron chi connectivity index (χ1n) is 7.98. The molecule has 6 heteroatoms. The highest BCUT2D eigenvalue weighted by Gasteiger charge is 2.20. The van der Waals surface area contributed by atoms with Gasteiger partial charge in [0.25, 0.3) is 0 Å². The average Bonchev–Trinajstić information content (AvgIpc) is 3.25. The van der Waals surface area contributed by atoms with Crippen LogP contribution in [0, 0.1) is 11.3 Å². The predicted octanol–water partition coefficient (Wildman–Crippen LogP) is 4.64. The van der Waals surface area contributed by atoms with Crippen LogP contribution in [0.4, 0.5) is 0 Å². The molecule has 5 aromatic rings. The molecule has 4 heterocycles. The Bertz CT molecular complexity index is 1370. The standard InChI is InChI=1S/C20H11ClN4O/c21-12-6-7-17(26)13(10-12)19-23-20-18(16-5-3-9-25(16)19)14(11-22)15-4-1-2-8-24(15)20/h1-10,26H. The monoisotopic (exact) mass is 358 g/mol. The first kappa shape index (κ1) is 14.8. The molecule has 0 saturated carbocycles. The molecule has 0 atom stereocenters. The predicted molar refractivity (Wildman–Crippen MR) is 100 cm³/mol. The van der Waals surface area contributed by atoms with Crippen molar-refractivity contribution < 1.29 is 5.11 Å². The molecule has 0 bridgehead atoms. The van der Waals surface area contributed by atoms with Crippen LogP contribution in [0.15, 0.2) is 60.9 Å². The fourth-order valence-electron chi connectivity index (χ4n) is 3.46. The number of phenolic OH excluding ortho intramolecular Hbond substituents is 1. The zero-order valence-electron chi connectivity index (χ0n) is 13.4. The first-order valence-corrected chi connectivity index (χ1v) is 8.35. The molecule has 4 aromatic heterocycles. The van der Waals surface area contributed by atoms with Crippen molar-refractivity contribution in [2.75, 3.05) is 0 Å². The van der Waals surface area contributed by atoms with Gasteiger partial charge in [-0.25, -0.2) is 4.98 Å². The fourth-order valence-corrected chi connectivity index (χ4v) is 3.63. The molecule has 26 heavy (non-hydrogen) atoms. The van der Waals surface area contributed by atoms with E-state index in [2.05, 4.69) is 6.07 Å². The Morgan fingerprint density at radius 2 is 1.81 bits per heavy atom. The SMILES string of the molecule is N#Cc1c2c3cccn3c(-c3cc(Cl)ccc3O)nc2n2ccccc12. The largest absolute Gasteiger partial charge is 0.507 e. The third-order valence-electron chi connectivity index (χ3n) is 4.57. The molecule has 0 aliphatic carbocycles. The smallest absolute Gasteiger partial charge is 0.150 e. The van der Waals surface area contributed by atoms with E-state index in [0.29, 0.717) is 27.6 Å². The van der Waals surface area contributed by atoms with Gasteiger partial charge in [0.15, 0.2) is 5.82 Å². The summed E-state index contributed by atoms with van der Waals surface area (Å²) in [4.78, 5) is 4.80. The molecule has 0 fully saturated rings. The number of nitriles is 1. The Morgan fingerprint density at radius 3 is 2.65 bits per heavy atom. The summed E-state index contributed by atoms with van der Waals surface area (Å²) >= 11 is 6.14. The lowest BCUT2D eigenvalue weighted by atomic mass is 10.1. The maximum atomic E-state index is 10.4. The van der Waals surface area contributed by atoms with E-state index in [9.17, 15) is 10.4 Å². The van der Waals surface area contributed by atoms with Crippen LogP contribution in [0.5, 0.6) is 5.75 Å². The molecule has 0 saturated heterocycles. The molecule has 0 aliphatic rings. The van der Waals surface area contributed by atoms with Gasteiger partial charge in [0, 0.05) is 17.4 Å². The quantitative estimate of drug-likeness (QED) is 0.474. The molecule has 124 valence electrons. The van der Waals surface area contributed by atoms with Gasteiger partial charge in [-0.15, -0.1) is 0 Å². The second-order valence-corrected chi connectivity index (χ2v) is 6.44. The van der Waals surface area contributed by atoms with Crippen LogP contribution in [0.1, 0.15) is 5.56 Å². The minimum Gasteiger partial charge on any atom is -0.507 e. The topological polar surface area (TPSA) is 65.7 Å². The maximum Gasteiger partial charge on any atom is 0.150 e. The molecule has 0 amide bonds. The number of aromatic nitrogens is 3. The van der Waals surface area contributed by atoms with Crippen LogP contribution in [0.25, 0.3) is 33.5 Å². The van der Waals surface area contributed by atoms with Gasteiger partial charge >= 0.3 is 0 Å². The van der Waals surface area contributed by atoms with Gasteiger partial charge in [0.1, 0.15) is 17.5 Å². The number of fused-ring (bicyclic) bond motifs is 5. The molecule has 5 rings (SSSR count). The van der Waals surface area contributed by atoms with Gasteiger partial charge < -0.3 is 9.51 Å². The second-order valence-electron chi connectivity index (χ2n) is 6.00. The van der Waals surface area contributed by atoms with E-state index in [1.807, 2.05) is 51.5 Å². The van der Waals surface area contributed by atoms with Crippen LogP contribution < -0.4 is 0 Å². The summed E-state index contributed by atoms with van der Waals surface area (Å²) in [6.07, 6.45) is 3.74. The number of halogens is 1. The summed E-state index contributed by atoms with van der Waals surface area (Å²) < 4.78 is 3.76. The van der Waals surface area contributed by atoms with Gasteiger partial charge in [-0.3, -0.25) is 4.40 Å². The van der Waals surface area contributed by atoms with Crippen molar-refractivity contribution in [3.8, 4) is 23.2 Å². The van der Waals surface area contributed by atoms with E-state index in [4.69, 9.17) is 16.6 Å². The van der Waals surface area contributed by atoms with Crippen LogP contribution in [0.2, 0.25) is 5.02 Å². The lowest BCUT2D eigenvalue weighted by Gasteiger charge is -2.09. The van der Waals surface area contributed by atoms with Gasteiger partial charge in [-0.2, -0.15) is 5.26 Å². The Hall–Kier alpha value is -3.49. The molecule has 5 nitrogen and oxygen atoms in total. The Labute approximate surface area is 152 Å². The molecule has 1 N–H and O–H groups in total. The number of hydrogen-bond donors (Lipinski definition) is 1. The van der Waals surface area contributed by atoms with E-state index in [-0.39, 0.29) is 5.75 Å². The lowest BCUT2D eigenvalue weighted by molar-refractivity contribution is 0.477. The number of pyridine rings is 1. The van der Waals surface area contributed by atoms with Crippen molar-refractivity contribution in [2.45, 2.75) is 0 Å². The fraction of sp³-hybridized carbons (Fsp3) is 0. The summed E-state index contributed by atoms with van der Waals surface area (Å²) in [6.45, 7) is 0. The molecular formula is C20H11ClN4O. The van der Waals surface area contributed by atoms with Crippen LogP contribution in [-0.4, -0.2) is 18.9 Å². The Morgan fingerprint density at radius 1 is 1.00 bits per heavy atom. The summed E-state index contributed by atoms with van der Waals surface area (Å²) in [7, 11) is 0. The molecule has 0 spiro atoms. The van der Waals surface area contributed by atoms with Crippen molar-refractivity contribution >= 4 is 33.7 Å². The third kappa shape index (κ3) is 1.88. The maximum absolute atomic E-state index is 10.4. The molecule has 0 unspecified atom stereocenters. The highest BCUT2D eigenvalue weighted by atomic mass is 35.5. The number of rotatable bonds is 1. The molecular weight excluding hydrogens is 348 g/mol. The van der Waals surface area contributed by atoms with Gasteiger partial charge in [-0.1, -0.05) is 17.7 Å². The highest BCUT2D eigenvalue weighted by Crippen LogP contribution is 2.35. The molecule has 0 radical (unpaired) electrons. The minimum absolute atomic E-state index is 0.0950. The van der Waals surface area contributed by atoms with Crippen LogP contribution >= 0.6 is 11.6 Å². The summed E-state index contributed by atoms with van der Waals surface area (Å²) in [5.74, 6) is 0.655. The number of phenols is 1. The third-order valence-corrected chi connectivity index (χ3v) is 4.81. The van der Waals surface area contributed by atoms with Gasteiger partial charge in [0.05, 0.1) is 27.5 Å². The normalized spacial score (nSPS) is 11.4. The van der Waals surface area contributed by atoms with E-state index in [0.717, 1.165) is 16.4 Å². The van der Waals surface area contributed by atoms with Crippen molar-refractivity contribution in [1.82, 2.24) is 13.8 Å². The van der Waals surface area contributed by atoms with E-state index in [1.165, 1.54) is 0 Å². The van der Waals surface area contributed by atoms with E-state index in [1.54, 1.807) is 18.2 Å². The lowest BCUT2D eigenvalue weighted by Crippen LogP contribution is -1.97. The number of hydrogen-bond acceptors (Lipinski definition) is 3. The minimum atomic E-state index is 0.0950. The van der Waals surface area contributed by atoms with Crippen molar-refractivity contribution in [3.63, 3.8) is 0 Å². The van der Waals surface area contributed by atoms with Crippen molar-refractivity contribution in [1.29, 1.82) is 5.26 Å². The summed E-state index contributed by atoms with van der Waals surface area (Å²) in [5, 5.41) is 21.4. The summed E-state index contributed by atoms with van der Waals surface area (Å²) in [5.41, 5.74) is 3.43. The zero-order valence-corrected chi connectivity index (χ0v) is 14.1.